The molecule has 0 heterocycles. The van der Waals surface area contributed by atoms with Gasteiger partial charge in [-0.1, -0.05) is 50.8 Å². The molecule has 1 fully saturated rings. The Labute approximate surface area is 145 Å². The number of hydrogen-bond acceptors (Lipinski definition) is 2. The van der Waals surface area contributed by atoms with Crippen LogP contribution in [0.5, 0.6) is 0 Å². The highest BCUT2D eigenvalue weighted by Gasteiger charge is 2.68. The largest absolute Gasteiger partial charge is 0.396 e. The Morgan fingerprint density at radius 1 is 1.21 bits per heavy atom. The van der Waals surface area contributed by atoms with Gasteiger partial charge in [-0.2, -0.15) is 0 Å². The average Bonchev–Trinajstić information content (AvgIpc) is 3.01. The van der Waals surface area contributed by atoms with Crippen molar-refractivity contribution in [2.24, 2.45) is 10.8 Å². The fourth-order valence-electron chi connectivity index (χ4n) is 5.22. The van der Waals surface area contributed by atoms with E-state index in [9.17, 15) is 10.2 Å². The second kappa shape index (κ2) is 5.62. The Balaban J connectivity index is 2.44. The molecule has 2 heteroatoms. The number of aliphatic hydroxyl groups is 2. The van der Waals surface area contributed by atoms with Crippen LogP contribution in [0.4, 0.5) is 0 Å². The van der Waals surface area contributed by atoms with Crippen molar-refractivity contribution in [2.75, 3.05) is 13.2 Å². The van der Waals surface area contributed by atoms with Gasteiger partial charge >= 0.3 is 0 Å². The molecule has 1 spiro atoms. The van der Waals surface area contributed by atoms with E-state index in [0.29, 0.717) is 0 Å². The highest BCUT2D eigenvalue weighted by Crippen LogP contribution is 2.71. The highest BCUT2D eigenvalue weighted by atomic mass is 16.3. The minimum absolute atomic E-state index is 0.0705. The minimum Gasteiger partial charge on any atom is -0.396 e. The Kier molecular flexibility index (Phi) is 3.98. The van der Waals surface area contributed by atoms with Crippen LogP contribution in [0.3, 0.4) is 0 Å². The molecular formula is C22H26O2. The molecule has 24 heavy (non-hydrogen) atoms. The van der Waals surface area contributed by atoms with Gasteiger partial charge in [-0.3, -0.25) is 0 Å². The summed E-state index contributed by atoms with van der Waals surface area (Å²) in [5, 5.41) is 20.7. The zero-order valence-electron chi connectivity index (χ0n) is 14.8. The standard InChI is InChI=1S/C22H26O2/c1-5-6-10-18-16(2)17-9-7-8-11-19(17)22(18)20(3,14-23)12-13-21(22,4)15-24/h5-6,8,10-11,23-24H,2,12-15H2,1,3-4H3/b6-5-,18-10+. The van der Waals surface area contributed by atoms with Crippen LogP contribution in [0, 0.1) is 23.0 Å². The maximum Gasteiger partial charge on any atom is 0.0496 e. The normalized spacial score (nSPS) is 36.7. The van der Waals surface area contributed by atoms with Crippen molar-refractivity contribution in [3.63, 3.8) is 0 Å². The molecule has 3 rings (SSSR count). The second-order valence-electron chi connectivity index (χ2n) is 7.66. The van der Waals surface area contributed by atoms with Crippen molar-refractivity contribution in [3.05, 3.63) is 65.8 Å². The molecule has 2 N–H and O–H groups in total. The zero-order valence-corrected chi connectivity index (χ0v) is 14.8. The van der Waals surface area contributed by atoms with E-state index in [2.05, 4.69) is 44.7 Å². The van der Waals surface area contributed by atoms with E-state index in [4.69, 9.17) is 0 Å². The van der Waals surface area contributed by atoms with Gasteiger partial charge in [0.2, 0.25) is 0 Å². The third-order valence-corrected chi connectivity index (χ3v) is 6.43. The van der Waals surface area contributed by atoms with Gasteiger partial charge in [0, 0.05) is 35.0 Å². The van der Waals surface area contributed by atoms with Crippen LogP contribution in [-0.4, -0.2) is 23.4 Å². The molecule has 0 saturated heterocycles. The van der Waals surface area contributed by atoms with E-state index in [0.717, 1.165) is 35.1 Å². The first-order chi connectivity index (χ1) is 11.4. The van der Waals surface area contributed by atoms with Crippen LogP contribution < -0.4 is 0 Å². The van der Waals surface area contributed by atoms with Crippen LogP contribution >= 0.6 is 0 Å². The molecule has 0 amide bonds. The lowest BCUT2D eigenvalue weighted by Gasteiger charge is -2.50. The lowest BCUT2D eigenvalue weighted by molar-refractivity contribution is 0.0239. The van der Waals surface area contributed by atoms with Crippen LogP contribution in [0.25, 0.3) is 5.57 Å². The topological polar surface area (TPSA) is 40.5 Å². The summed E-state index contributed by atoms with van der Waals surface area (Å²) in [6.45, 7) is 10.7. The van der Waals surface area contributed by atoms with Crippen molar-refractivity contribution in [1.29, 1.82) is 0 Å². The fourth-order valence-corrected chi connectivity index (χ4v) is 5.22. The molecule has 2 atom stereocenters. The Morgan fingerprint density at radius 3 is 2.38 bits per heavy atom. The summed E-state index contributed by atoms with van der Waals surface area (Å²) in [6, 6.07) is 10.2. The maximum atomic E-state index is 10.4. The summed E-state index contributed by atoms with van der Waals surface area (Å²) < 4.78 is 0. The lowest BCUT2D eigenvalue weighted by atomic mass is 9.53. The second-order valence-corrected chi connectivity index (χ2v) is 7.66. The highest BCUT2D eigenvalue weighted by molar-refractivity contribution is 5.89. The molecule has 2 aliphatic carbocycles. The molecule has 1 saturated carbocycles. The molecule has 1 aromatic carbocycles. The van der Waals surface area contributed by atoms with Crippen molar-refractivity contribution >= 4 is 5.57 Å². The van der Waals surface area contributed by atoms with Gasteiger partial charge in [0.25, 0.3) is 0 Å². The predicted octanol–water partition coefficient (Wildman–Crippen LogP) is 3.85. The summed E-state index contributed by atoms with van der Waals surface area (Å²) in [5.74, 6) is 0. The molecule has 0 aromatic heterocycles. The average molecular weight is 322 g/mol. The number of rotatable bonds is 3. The van der Waals surface area contributed by atoms with Gasteiger partial charge < -0.3 is 10.2 Å². The number of allylic oxidation sites excluding steroid dienone is 5. The first-order valence-electron chi connectivity index (χ1n) is 8.59. The van der Waals surface area contributed by atoms with E-state index in [1.54, 1.807) is 0 Å². The van der Waals surface area contributed by atoms with E-state index in [1.807, 2.05) is 25.1 Å². The maximum absolute atomic E-state index is 10.4. The number of fused-ring (bicyclic) bond motifs is 2. The van der Waals surface area contributed by atoms with Crippen molar-refractivity contribution in [2.45, 2.75) is 39.0 Å². The molecule has 0 aliphatic heterocycles. The van der Waals surface area contributed by atoms with Crippen molar-refractivity contribution in [1.82, 2.24) is 0 Å². The molecule has 2 aliphatic rings. The molecule has 126 valence electrons. The van der Waals surface area contributed by atoms with Crippen molar-refractivity contribution in [3.8, 4) is 0 Å². The van der Waals surface area contributed by atoms with Crippen LogP contribution in [0.1, 0.15) is 44.7 Å². The van der Waals surface area contributed by atoms with E-state index in [1.165, 1.54) is 0 Å². The Bertz CT molecular complexity index is 709. The number of hydrogen-bond donors (Lipinski definition) is 2. The van der Waals surface area contributed by atoms with Crippen LogP contribution in [0.2, 0.25) is 0 Å². The first-order valence-corrected chi connectivity index (χ1v) is 8.59. The van der Waals surface area contributed by atoms with Gasteiger partial charge in [-0.05, 0) is 48.6 Å². The van der Waals surface area contributed by atoms with Gasteiger partial charge in [0.05, 0.1) is 0 Å². The van der Waals surface area contributed by atoms with E-state index in [-0.39, 0.29) is 24.0 Å². The molecule has 0 bridgehead atoms. The van der Waals surface area contributed by atoms with Crippen LogP contribution in [-0.2, 0) is 5.41 Å². The smallest absolute Gasteiger partial charge is 0.0496 e. The molecule has 1 aromatic rings. The third kappa shape index (κ3) is 1.80. The minimum atomic E-state index is -0.471. The predicted molar refractivity (Wildman–Crippen MR) is 97.3 cm³/mol. The summed E-state index contributed by atoms with van der Waals surface area (Å²) in [6.07, 6.45) is 7.83. The molecular weight excluding hydrogens is 296 g/mol. The number of aliphatic hydroxyl groups excluding tert-OH is 2. The summed E-state index contributed by atoms with van der Waals surface area (Å²) in [5.41, 5.74) is 2.92. The Hall–Kier alpha value is -1.82. The van der Waals surface area contributed by atoms with Crippen LogP contribution in [0.15, 0.2) is 42.5 Å². The third-order valence-electron chi connectivity index (χ3n) is 6.43. The summed E-state index contributed by atoms with van der Waals surface area (Å²) in [4.78, 5) is 0. The monoisotopic (exact) mass is 322 g/mol. The zero-order chi connectivity index (χ0) is 17.6. The fraction of sp³-hybridized carbons (Fsp3) is 0.455. The Morgan fingerprint density at radius 2 is 1.83 bits per heavy atom. The lowest BCUT2D eigenvalue weighted by Crippen LogP contribution is -2.52. The summed E-state index contributed by atoms with van der Waals surface area (Å²) in [7, 11) is 0. The quantitative estimate of drug-likeness (QED) is 0.887. The molecule has 2 unspecified atom stereocenters. The molecule has 2 nitrogen and oxygen atoms in total. The van der Waals surface area contributed by atoms with E-state index < -0.39 is 5.41 Å². The van der Waals surface area contributed by atoms with E-state index >= 15 is 0 Å². The van der Waals surface area contributed by atoms with Gasteiger partial charge in [0.15, 0.2) is 0 Å². The first kappa shape index (κ1) is 17.0. The van der Waals surface area contributed by atoms with Crippen molar-refractivity contribution < 1.29 is 10.2 Å². The SMILES string of the molecule is C=C1/C(=C\C=C/C)C2(c3ccc#cc31)C(C)(CO)CCC2(C)CO. The summed E-state index contributed by atoms with van der Waals surface area (Å²) >= 11 is 0. The van der Waals surface area contributed by atoms with Gasteiger partial charge in [0.1, 0.15) is 0 Å². The van der Waals surface area contributed by atoms with Gasteiger partial charge in [-0.25, -0.2) is 0 Å². The van der Waals surface area contributed by atoms with Gasteiger partial charge in [-0.15, -0.1) is 0 Å². The molecule has 0 radical (unpaired) electrons.